The van der Waals surface area contributed by atoms with Crippen LogP contribution in [0.3, 0.4) is 0 Å². The molecule has 0 unspecified atom stereocenters. The molecule has 2 atom stereocenters. The number of nitrogens with zero attached hydrogens (tertiary/aromatic N) is 1. The molecule has 27 heavy (non-hydrogen) atoms. The Hall–Kier alpha value is -1.26. The van der Waals surface area contributed by atoms with Gasteiger partial charge in [-0.05, 0) is 66.6 Å². The van der Waals surface area contributed by atoms with Gasteiger partial charge in [-0.3, -0.25) is 0 Å². The Labute approximate surface area is 178 Å². The van der Waals surface area contributed by atoms with Crippen LogP contribution in [0.1, 0.15) is 41.9 Å². The Morgan fingerprint density at radius 3 is 2.67 bits per heavy atom. The van der Waals surface area contributed by atoms with Crippen LogP contribution in [0.15, 0.2) is 47.5 Å². The highest BCUT2D eigenvalue weighted by atomic mass is 35.5. The van der Waals surface area contributed by atoms with Crippen molar-refractivity contribution in [1.29, 1.82) is 0 Å². The van der Waals surface area contributed by atoms with Crippen molar-refractivity contribution in [2.24, 2.45) is 16.6 Å². The third kappa shape index (κ3) is 4.97. The number of nitrogens with one attached hydrogen (secondary N) is 1. The maximum atomic E-state index is 6.21. The van der Waals surface area contributed by atoms with Crippen LogP contribution in [0.2, 0.25) is 5.02 Å². The van der Waals surface area contributed by atoms with E-state index in [0.717, 1.165) is 36.1 Å². The van der Waals surface area contributed by atoms with E-state index in [9.17, 15) is 0 Å². The van der Waals surface area contributed by atoms with Crippen molar-refractivity contribution in [3.8, 4) is 0 Å². The number of fused-ring (bicyclic) bond motifs is 3. The van der Waals surface area contributed by atoms with Crippen LogP contribution < -0.4 is 11.1 Å². The number of rotatable bonds is 5. The minimum Gasteiger partial charge on any atom is -0.387 e. The smallest absolute Gasteiger partial charge is 0.103 e. The van der Waals surface area contributed by atoms with Crippen molar-refractivity contribution in [2.75, 3.05) is 6.54 Å². The summed E-state index contributed by atoms with van der Waals surface area (Å²) in [6.07, 6.45) is 4.68. The van der Waals surface area contributed by atoms with Crippen molar-refractivity contribution < 1.29 is 0 Å². The molecule has 1 fully saturated rings. The highest BCUT2D eigenvalue weighted by molar-refractivity contribution is 6.30. The second-order valence-electron chi connectivity index (χ2n) is 7.13. The molecule has 4 rings (SSSR count). The van der Waals surface area contributed by atoms with Crippen molar-refractivity contribution in [2.45, 2.75) is 38.1 Å². The van der Waals surface area contributed by atoms with E-state index in [1.165, 1.54) is 36.0 Å². The minimum atomic E-state index is 0. The molecular formula is C21H26Cl3N3. The van der Waals surface area contributed by atoms with Gasteiger partial charge in [0.1, 0.15) is 5.84 Å². The van der Waals surface area contributed by atoms with Crippen LogP contribution >= 0.6 is 36.4 Å². The van der Waals surface area contributed by atoms with Gasteiger partial charge in [0, 0.05) is 17.5 Å². The fourth-order valence-corrected chi connectivity index (χ4v) is 4.39. The van der Waals surface area contributed by atoms with Gasteiger partial charge in [-0.2, -0.15) is 0 Å². The van der Waals surface area contributed by atoms with Crippen LogP contribution in [-0.2, 0) is 13.0 Å². The lowest BCUT2D eigenvalue weighted by Crippen LogP contribution is -2.28. The zero-order chi connectivity index (χ0) is 17.2. The Kier molecular flexibility index (Phi) is 7.99. The summed E-state index contributed by atoms with van der Waals surface area (Å²) in [7, 11) is 0. The molecule has 0 aromatic heterocycles. The first-order chi connectivity index (χ1) is 12.2. The molecule has 3 N–H and O–H groups in total. The van der Waals surface area contributed by atoms with Gasteiger partial charge in [-0.25, -0.2) is 4.99 Å². The van der Waals surface area contributed by atoms with Gasteiger partial charge in [0.15, 0.2) is 0 Å². The van der Waals surface area contributed by atoms with E-state index in [1.807, 2.05) is 18.2 Å². The SMILES string of the molecule is Cl.Cl.NC1=Nc2cc(CCNCc3cccc(Cl)c3)ccc2[C@H]2CCC[C@@H]12. The van der Waals surface area contributed by atoms with Crippen LogP contribution in [-0.4, -0.2) is 12.4 Å². The first-order valence-electron chi connectivity index (χ1n) is 9.13. The summed E-state index contributed by atoms with van der Waals surface area (Å²) in [5.74, 6) is 1.89. The summed E-state index contributed by atoms with van der Waals surface area (Å²) in [4.78, 5) is 4.69. The van der Waals surface area contributed by atoms with Crippen LogP contribution in [0.4, 0.5) is 5.69 Å². The van der Waals surface area contributed by atoms with E-state index < -0.39 is 0 Å². The van der Waals surface area contributed by atoms with E-state index in [4.69, 9.17) is 22.3 Å². The van der Waals surface area contributed by atoms with Gasteiger partial charge >= 0.3 is 0 Å². The number of amidine groups is 1. The van der Waals surface area contributed by atoms with Gasteiger partial charge in [-0.1, -0.05) is 42.3 Å². The molecule has 2 aromatic rings. The topological polar surface area (TPSA) is 50.4 Å². The number of hydrogen-bond donors (Lipinski definition) is 2. The van der Waals surface area contributed by atoms with E-state index in [2.05, 4.69) is 29.6 Å². The van der Waals surface area contributed by atoms with Crippen molar-refractivity contribution >= 4 is 47.9 Å². The fourth-order valence-electron chi connectivity index (χ4n) is 4.18. The Morgan fingerprint density at radius 1 is 1.04 bits per heavy atom. The number of benzene rings is 2. The van der Waals surface area contributed by atoms with Crippen LogP contribution in [0, 0.1) is 5.92 Å². The molecule has 1 aliphatic heterocycles. The fraction of sp³-hybridized carbons (Fsp3) is 0.381. The van der Waals surface area contributed by atoms with E-state index >= 15 is 0 Å². The van der Waals surface area contributed by atoms with Crippen molar-refractivity contribution in [1.82, 2.24) is 5.32 Å². The summed E-state index contributed by atoms with van der Waals surface area (Å²) in [5.41, 5.74) is 11.2. The molecule has 2 aromatic carbocycles. The standard InChI is InChI=1S/C21H24ClN3.2ClH/c22-16-4-1-3-15(11-16)13-24-10-9-14-7-8-18-17-5-2-6-19(17)21(23)25-20(18)12-14;;/h1,3-4,7-8,11-12,17,19,24H,2,5-6,9-10,13H2,(H2,23,25);2*1H/t17-,19-;;/m1../s1. The summed E-state index contributed by atoms with van der Waals surface area (Å²) in [5, 5.41) is 4.27. The molecule has 0 spiro atoms. The average molecular weight is 427 g/mol. The minimum absolute atomic E-state index is 0. The maximum Gasteiger partial charge on any atom is 0.103 e. The number of aliphatic imine (C=N–C) groups is 1. The molecule has 0 bridgehead atoms. The second-order valence-corrected chi connectivity index (χ2v) is 7.57. The first-order valence-corrected chi connectivity index (χ1v) is 9.50. The molecule has 1 aliphatic carbocycles. The molecule has 0 radical (unpaired) electrons. The summed E-state index contributed by atoms with van der Waals surface area (Å²) in [6, 6.07) is 14.7. The third-order valence-corrected chi connectivity index (χ3v) is 5.68. The average Bonchev–Trinajstić information content (AvgIpc) is 3.09. The Bertz CT molecular complexity index is 807. The molecular weight excluding hydrogens is 401 g/mol. The molecule has 6 heteroatoms. The largest absolute Gasteiger partial charge is 0.387 e. The lowest BCUT2D eigenvalue weighted by atomic mass is 9.84. The number of nitrogens with two attached hydrogens (primary N) is 1. The Balaban J connectivity index is 0.00000131. The van der Waals surface area contributed by atoms with E-state index in [0.29, 0.717) is 11.8 Å². The van der Waals surface area contributed by atoms with Gasteiger partial charge in [0.2, 0.25) is 0 Å². The lowest BCUT2D eigenvalue weighted by Gasteiger charge is -2.26. The molecule has 146 valence electrons. The van der Waals surface area contributed by atoms with Crippen molar-refractivity contribution in [3.63, 3.8) is 0 Å². The summed E-state index contributed by atoms with van der Waals surface area (Å²) < 4.78 is 0. The molecule has 0 saturated heterocycles. The Morgan fingerprint density at radius 2 is 1.85 bits per heavy atom. The van der Waals surface area contributed by atoms with E-state index in [-0.39, 0.29) is 24.8 Å². The molecule has 3 nitrogen and oxygen atoms in total. The predicted octanol–water partition coefficient (Wildman–Crippen LogP) is 5.40. The molecule has 1 heterocycles. The van der Waals surface area contributed by atoms with Gasteiger partial charge < -0.3 is 11.1 Å². The van der Waals surface area contributed by atoms with Gasteiger partial charge in [-0.15, -0.1) is 24.8 Å². The molecule has 2 aliphatic rings. The van der Waals surface area contributed by atoms with Crippen LogP contribution in [0.5, 0.6) is 0 Å². The van der Waals surface area contributed by atoms with Crippen LogP contribution in [0.25, 0.3) is 0 Å². The zero-order valence-corrected chi connectivity index (χ0v) is 17.5. The maximum absolute atomic E-state index is 6.21. The second kappa shape index (κ2) is 9.79. The number of hydrogen-bond acceptors (Lipinski definition) is 3. The lowest BCUT2D eigenvalue weighted by molar-refractivity contribution is 0.609. The molecule has 0 amide bonds. The quantitative estimate of drug-likeness (QED) is 0.629. The number of halogens is 3. The van der Waals surface area contributed by atoms with Crippen molar-refractivity contribution in [3.05, 3.63) is 64.2 Å². The molecule has 1 saturated carbocycles. The highest BCUT2D eigenvalue weighted by Gasteiger charge is 2.35. The predicted molar refractivity (Wildman–Crippen MR) is 119 cm³/mol. The summed E-state index contributed by atoms with van der Waals surface area (Å²) >= 11 is 6.02. The highest BCUT2D eigenvalue weighted by Crippen LogP contribution is 2.46. The zero-order valence-electron chi connectivity index (χ0n) is 15.2. The normalized spacial score (nSPS) is 20.0. The van der Waals surface area contributed by atoms with Gasteiger partial charge in [0.25, 0.3) is 0 Å². The van der Waals surface area contributed by atoms with E-state index in [1.54, 1.807) is 0 Å². The summed E-state index contributed by atoms with van der Waals surface area (Å²) in [6.45, 7) is 1.76. The third-order valence-electron chi connectivity index (χ3n) is 5.45. The monoisotopic (exact) mass is 425 g/mol. The first kappa shape index (κ1) is 22.0. The van der Waals surface area contributed by atoms with Gasteiger partial charge in [0.05, 0.1) is 5.69 Å².